The lowest BCUT2D eigenvalue weighted by molar-refractivity contribution is -0.120. The Bertz CT molecular complexity index is 186. The molecule has 0 saturated carbocycles. The van der Waals surface area contributed by atoms with Crippen LogP contribution in [0.4, 0.5) is 0 Å². The van der Waals surface area contributed by atoms with Gasteiger partial charge in [0, 0.05) is 25.5 Å². The summed E-state index contributed by atoms with van der Waals surface area (Å²) in [6, 6.07) is 0. The number of hydrogen-bond donors (Lipinski definition) is 1. The maximum Gasteiger partial charge on any atom is 0.221 e. The largest absolute Gasteiger partial charge is 0.379 e. The Kier molecular flexibility index (Phi) is 6.72. The molecule has 15 heavy (non-hydrogen) atoms. The highest BCUT2D eigenvalue weighted by atomic mass is 35.5. The quantitative estimate of drug-likeness (QED) is 0.368. The van der Waals surface area contributed by atoms with Gasteiger partial charge in [0.2, 0.25) is 5.91 Å². The fraction of sp³-hybridized carbons (Fsp3) is 0.900. The molecule has 0 bridgehead atoms. The average Bonchev–Trinajstić information content (AvgIpc) is 3.00. The normalized spacial score (nSPS) is 18.9. The van der Waals surface area contributed by atoms with E-state index in [9.17, 15) is 4.79 Å². The van der Waals surface area contributed by atoms with E-state index in [0.29, 0.717) is 31.6 Å². The molecule has 1 unspecified atom stereocenters. The molecule has 0 aromatic rings. The van der Waals surface area contributed by atoms with Gasteiger partial charge in [-0.05, 0) is 12.8 Å². The molecule has 0 aromatic carbocycles. The van der Waals surface area contributed by atoms with Crippen molar-refractivity contribution in [2.45, 2.75) is 25.4 Å². The van der Waals surface area contributed by atoms with Crippen LogP contribution >= 0.6 is 11.6 Å². The summed E-state index contributed by atoms with van der Waals surface area (Å²) in [4.78, 5) is 11.0. The molecule has 1 saturated heterocycles. The summed E-state index contributed by atoms with van der Waals surface area (Å²) in [7, 11) is 0. The van der Waals surface area contributed by atoms with E-state index in [0.717, 1.165) is 26.1 Å². The molecule has 1 heterocycles. The summed E-state index contributed by atoms with van der Waals surface area (Å²) >= 11 is 5.42. The van der Waals surface area contributed by atoms with Crippen molar-refractivity contribution in [3.05, 3.63) is 0 Å². The predicted molar refractivity (Wildman–Crippen MR) is 58.1 cm³/mol. The van der Waals surface area contributed by atoms with Gasteiger partial charge < -0.3 is 14.8 Å². The molecule has 1 fully saturated rings. The van der Waals surface area contributed by atoms with Crippen LogP contribution in [-0.4, -0.2) is 44.3 Å². The molecule has 1 atom stereocenters. The Hall–Kier alpha value is -0.320. The summed E-state index contributed by atoms with van der Waals surface area (Å²) in [5, 5.41) is 2.79. The summed E-state index contributed by atoms with van der Waals surface area (Å²) in [5.41, 5.74) is 0. The van der Waals surface area contributed by atoms with E-state index in [1.807, 2.05) is 0 Å². The van der Waals surface area contributed by atoms with E-state index < -0.39 is 0 Å². The van der Waals surface area contributed by atoms with Gasteiger partial charge in [0.15, 0.2) is 0 Å². The van der Waals surface area contributed by atoms with Crippen molar-refractivity contribution in [3.63, 3.8) is 0 Å². The van der Waals surface area contributed by atoms with E-state index in [1.54, 1.807) is 0 Å². The van der Waals surface area contributed by atoms with Crippen molar-refractivity contribution in [2.24, 2.45) is 0 Å². The van der Waals surface area contributed by atoms with E-state index in [2.05, 4.69) is 5.32 Å². The maximum atomic E-state index is 11.0. The van der Waals surface area contributed by atoms with Crippen molar-refractivity contribution in [2.75, 3.05) is 32.2 Å². The van der Waals surface area contributed by atoms with Gasteiger partial charge in [0.05, 0.1) is 13.2 Å². The molecule has 1 N–H and O–H groups in total. The molecule has 1 aliphatic heterocycles. The molecule has 5 heteroatoms. The number of alkyl halides is 1. The summed E-state index contributed by atoms with van der Waals surface area (Å²) < 4.78 is 10.4. The van der Waals surface area contributed by atoms with E-state index in [1.165, 1.54) is 0 Å². The van der Waals surface area contributed by atoms with Crippen LogP contribution in [0.1, 0.15) is 19.3 Å². The molecular formula is C10H18ClNO3. The molecule has 0 aromatic heterocycles. The van der Waals surface area contributed by atoms with Gasteiger partial charge in [-0.3, -0.25) is 4.79 Å². The molecule has 1 aliphatic rings. The van der Waals surface area contributed by atoms with E-state index >= 15 is 0 Å². The van der Waals surface area contributed by atoms with Crippen LogP contribution in [-0.2, 0) is 14.3 Å². The van der Waals surface area contributed by atoms with Crippen molar-refractivity contribution in [1.82, 2.24) is 5.32 Å². The number of nitrogens with one attached hydrogen (secondary N) is 1. The Labute approximate surface area is 95.3 Å². The van der Waals surface area contributed by atoms with Crippen molar-refractivity contribution in [3.8, 4) is 0 Å². The van der Waals surface area contributed by atoms with Crippen LogP contribution in [0.25, 0.3) is 0 Å². The maximum absolute atomic E-state index is 11.0. The zero-order chi connectivity index (χ0) is 10.9. The number of carbonyl (C=O) groups is 1. The number of ether oxygens (including phenoxy) is 2. The summed E-state index contributed by atoms with van der Waals surface area (Å²) in [6.45, 7) is 3.00. The van der Waals surface area contributed by atoms with Crippen LogP contribution in [0.2, 0.25) is 0 Å². The van der Waals surface area contributed by atoms with Crippen LogP contribution in [0, 0.1) is 0 Å². The summed E-state index contributed by atoms with van der Waals surface area (Å²) in [6.07, 6.45) is 2.65. The van der Waals surface area contributed by atoms with Crippen LogP contribution in [0.15, 0.2) is 0 Å². The minimum absolute atomic E-state index is 0.0253. The Morgan fingerprint density at radius 2 is 2.33 bits per heavy atom. The van der Waals surface area contributed by atoms with Crippen molar-refractivity contribution < 1.29 is 14.3 Å². The number of carbonyl (C=O) groups excluding carboxylic acids is 1. The predicted octanol–water partition coefficient (Wildman–Crippen LogP) is 0.927. The molecule has 0 spiro atoms. The van der Waals surface area contributed by atoms with Gasteiger partial charge in [-0.2, -0.15) is 0 Å². The van der Waals surface area contributed by atoms with Crippen LogP contribution in [0.3, 0.4) is 0 Å². The number of hydrogen-bond acceptors (Lipinski definition) is 3. The number of halogens is 1. The van der Waals surface area contributed by atoms with Gasteiger partial charge in [0.1, 0.15) is 6.10 Å². The lowest BCUT2D eigenvalue weighted by Gasteiger charge is -2.04. The summed E-state index contributed by atoms with van der Waals surface area (Å²) in [5.74, 6) is 0.411. The van der Waals surface area contributed by atoms with Gasteiger partial charge in [-0.1, -0.05) is 0 Å². The highest BCUT2D eigenvalue weighted by molar-refractivity contribution is 6.18. The minimum atomic E-state index is 0.0253. The second kappa shape index (κ2) is 7.91. The lowest BCUT2D eigenvalue weighted by atomic mass is 10.3. The third-order valence-corrected chi connectivity index (χ3v) is 2.25. The monoisotopic (exact) mass is 235 g/mol. The van der Waals surface area contributed by atoms with Crippen LogP contribution in [0.5, 0.6) is 0 Å². The molecular weight excluding hydrogens is 218 g/mol. The number of epoxide rings is 1. The van der Waals surface area contributed by atoms with E-state index in [4.69, 9.17) is 21.1 Å². The standard InChI is InChI=1S/C10H18ClNO3/c11-4-3-10(13)12-5-1-2-6-14-7-9-8-15-9/h9H,1-8H2,(H,12,13). The first-order valence-corrected chi connectivity index (χ1v) is 5.88. The number of rotatable bonds is 9. The second-order valence-corrected chi connectivity index (χ2v) is 3.90. The third-order valence-electron chi connectivity index (χ3n) is 2.07. The molecule has 0 radical (unpaired) electrons. The van der Waals surface area contributed by atoms with Gasteiger partial charge in [-0.15, -0.1) is 11.6 Å². The first kappa shape index (κ1) is 12.7. The zero-order valence-electron chi connectivity index (χ0n) is 8.84. The Balaban J connectivity index is 1.73. The smallest absolute Gasteiger partial charge is 0.221 e. The average molecular weight is 236 g/mol. The highest BCUT2D eigenvalue weighted by Crippen LogP contribution is 2.08. The molecule has 88 valence electrons. The number of amides is 1. The van der Waals surface area contributed by atoms with Gasteiger partial charge >= 0.3 is 0 Å². The molecule has 4 nitrogen and oxygen atoms in total. The SMILES string of the molecule is O=C(CCCl)NCCCCOCC1CO1. The van der Waals surface area contributed by atoms with Crippen molar-refractivity contribution in [1.29, 1.82) is 0 Å². The number of unbranched alkanes of at least 4 members (excludes halogenated alkanes) is 1. The lowest BCUT2D eigenvalue weighted by Crippen LogP contribution is -2.24. The van der Waals surface area contributed by atoms with Gasteiger partial charge in [0.25, 0.3) is 0 Å². The first-order chi connectivity index (χ1) is 7.33. The Morgan fingerprint density at radius 1 is 1.53 bits per heavy atom. The zero-order valence-corrected chi connectivity index (χ0v) is 9.59. The molecule has 0 aliphatic carbocycles. The second-order valence-electron chi connectivity index (χ2n) is 3.53. The van der Waals surface area contributed by atoms with Gasteiger partial charge in [-0.25, -0.2) is 0 Å². The Morgan fingerprint density at radius 3 is 3.00 bits per heavy atom. The fourth-order valence-electron chi connectivity index (χ4n) is 1.11. The first-order valence-electron chi connectivity index (χ1n) is 5.35. The van der Waals surface area contributed by atoms with Crippen molar-refractivity contribution >= 4 is 17.5 Å². The fourth-order valence-corrected chi connectivity index (χ4v) is 1.28. The van der Waals surface area contributed by atoms with Crippen LogP contribution < -0.4 is 5.32 Å². The minimum Gasteiger partial charge on any atom is -0.379 e. The topological polar surface area (TPSA) is 50.9 Å². The molecule has 1 rings (SSSR count). The molecule has 1 amide bonds. The third kappa shape index (κ3) is 7.59. The highest BCUT2D eigenvalue weighted by Gasteiger charge is 2.21. The van der Waals surface area contributed by atoms with E-state index in [-0.39, 0.29) is 5.91 Å².